The Bertz CT molecular complexity index is 894. The highest BCUT2D eigenvalue weighted by Crippen LogP contribution is 2.24. The summed E-state index contributed by atoms with van der Waals surface area (Å²) in [5.74, 6) is 0.0106. The van der Waals surface area contributed by atoms with Crippen LogP contribution in [0.4, 0.5) is 0 Å². The van der Waals surface area contributed by atoms with Crippen molar-refractivity contribution in [2.75, 3.05) is 6.54 Å². The molecular formula is C18H21N5O. The summed E-state index contributed by atoms with van der Waals surface area (Å²) in [6, 6.07) is 10.0. The lowest BCUT2D eigenvalue weighted by Crippen LogP contribution is -2.38. The average molecular weight is 323 g/mol. The third-order valence-electron chi connectivity index (χ3n) is 4.80. The molecule has 1 amide bonds. The van der Waals surface area contributed by atoms with Crippen molar-refractivity contribution < 1.29 is 4.79 Å². The van der Waals surface area contributed by atoms with Gasteiger partial charge in [0.05, 0.1) is 23.8 Å². The van der Waals surface area contributed by atoms with Crippen molar-refractivity contribution in [3.05, 3.63) is 47.4 Å². The highest BCUT2D eigenvalue weighted by atomic mass is 16.2. The Kier molecular flexibility index (Phi) is 3.59. The molecule has 4 rings (SSSR count). The topological polar surface area (TPSA) is 66.8 Å². The van der Waals surface area contributed by atoms with Gasteiger partial charge in [-0.2, -0.15) is 10.2 Å². The van der Waals surface area contributed by atoms with Gasteiger partial charge in [-0.3, -0.25) is 14.6 Å². The third kappa shape index (κ3) is 2.48. The zero-order valence-corrected chi connectivity index (χ0v) is 14.0. The number of carbonyl (C=O) groups is 1. The van der Waals surface area contributed by atoms with Gasteiger partial charge in [-0.15, -0.1) is 0 Å². The summed E-state index contributed by atoms with van der Waals surface area (Å²) in [6.07, 6.45) is 2.03. The number of aromatic amines is 1. The Hall–Kier alpha value is -2.63. The smallest absolute Gasteiger partial charge is 0.275 e. The molecule has 6 nitrogen and oxygen atoms in total. The molecule has 0 radical (unpaired) electrons. The van der Waals surface area contributed by atoms with Crippen LogP contribution >= 0.6 is 0 Å². The average Bonchev–Trinajstić information content (AvgIpc) is 3.26. The molecule has 0 saturated carbocycles. The molecule has 24 heavy (non-hydrogen) atoms. The van der Waals surface area contributed by atoms with Crippen LogP contribution in [0.25, 0.3) is 10.9 Å². The van der Waals surface area contributed by atoms with E-state index in [-0.39, 0.29) is 11.9 Å². The monoisotopic (exact) mass is 323 g/mol. The highest BCUT2D eigenvalue weighted by molar-refractivity contribution is 6.04. The van der Waals surface area contributed by atoms with Crippen LogP contribution in [0, 0.1) is 13.8 Å². The van der Waals surface area contributed by atoms with Crippen molar-refractivity contribution in [2.45, 2.75) is 39.3 Å². The summed E-state index contributed by atoms with van der Waals surface area (Å²) in [5, 5.41) is 12.6. The fourth-order valence-electron chi connectivity index (χ4n) is 3.61. The molecule has 1 aliphatic heterocycles. The maximum absolute atomic E-state index is 13.0. The minimum Gasteiger partial charge on any atom is -0.332 e. The number of para-hydroxylation sites is 1. The summed E-state index contributed by atoms with van der Waals surface area (Å²) < 4.78 is 2.01. The van der Waals surface area contributed by atoms with Crippen molar-refractivity contribution in [1.82, 2.24) is 24.9 Å². The second-order valence-corrected chi connectivity index (χ2v) is 6.52. The van der Waals surface area contributed by atoms with Crippen LogP contribution in [0.5, 0.6) is 0 Å². The molecule has 0 spiro atoms. The van der Waals surface area contributed by atoms with Crippen LogP contribution in [0.2, 0.25) is 0 Å². The zero-order chi connectivity index (χ0) is 16.7. The van der Waals surface area contributed by atoms with Gasteiger partial charge in [0, 0.05) is 17.6 Å². The number of rotatable bonds is 3. The fraction of sp³-hybridized carbons (Fsp3) is 0.389. The minimum atomic E-state index is 0.0106. The van der Waals surface area contributed by atoms with Crippen LogP contribution in [0.1, 0.15) is 34.7 Å². The van der Waals surface area contributed by atoms with Crippen LogP contribution in [0.15, 0.2) is 30.3 Å². The van der Waals surface area contributed by atoms with Gasteiger partial charge >= 0.3 is 0 Å². The van der Waals surface area contributed by atoms with E-state index in [0.717, 1.165) is 48.2 Å². The minimum absolute atomic E-state index is 0.0106. The van der Waals surface area contributed by atoms with Gasteiger partial charge in [0.2, 0.25) is 0 Å². The molecule has 2 aromatic heterocycles. The molecule has 6 heteroatoms. The number of H-pyrrole nitrogens is 1. The summed E-state index contributed by atoms with van der Waals surface area (Å²) in [5.41, 5.74) is 3.57. The van der Waals surface area contributed by atoms with Crippen molar-refractivity contribution in [1.29, 1.82) is 0 Å². The molecule has 3 aromatic rings. The first-order valence-electron chi connectivity index (χ1n) is 8.38. The lowest BCUT2D eigenvalue weighted by Gasteiger charge is -2.24. The third-order valence-corrected chi connectivity index (χ3v) is 4.80. The highest BCUT2D eigenvalue weighted by Gasteiger charge is 2.32. The number of hydrogen-bond donors (Lipinski definition) is 1. The second kappa shape index (κ2) is 5.78. The van der Waals surface area contributed by atoms with Gasteiger partial charge in [-0.05, 0) is 38.8 Å². The molecule has 0 aliphatic carbocycles. The lowest BCUT2D eigenvalue weighted by molar-refractivity contribution is 0.0717. The van der Waals surface area contributed by atoms with E-state index in [4.69, 9.17) is 0 Å². The van der Waals surface area contributed by atoms with Crippen molar-refractivity contribution in [2.24, 2.45) is 0 Å². The normalized spacial score (nSPS) is 17.8. The van der Waals surface area contributed by atoms with E-state index in [2.05, 4.69) is 28.3 Å². The van der Waals surface area contributed by atoms with Gasteiger partial charge in [0.15, 0.2) is 5.69 Å². The molecule has 1 aromatic carbocycles. The van der Waals surface area contributed by atoms with E-state index in [1.165, 1.54) is 0 Å². The lowest BCUT2D eigenvalue weighted by atomic mass is 10.1. The number of likely N-dealkylation sites (tertiary alicyclic amines) is 1. The first-order chi connectivity index (χ1) is 11.6. The van der Waals surface area contributed by atoms with E-state index in [9.17, 15) is 4.79 Å². The van der Waals surface area contributed by atoms with Crippen molar-refractivity contribution in [3.8, 4) is 0 Å². The van der Waals surface area contributed by atoms with Gasteiger partial charge in [0.1, 0.15) is 0 Å². The van der Waals surface area contributed by atoms with E-state index < -0.39 is 0 Å². The number of amides is 1. The van der Waals surface area contributed by atoms with Crippen LogP contribution in [-0.4, -0.2) is 43.4 Å². The Morgan fingerprint density at radius 1 is 1.33 bits per heavy atom. The quantitative estimate of drug-likeness (QED) is 0.806. The van der Waals surface area contributed by atoms with Crippen molar-refractivity contribution >= 4 is 16.8 Å². The van der Waals surface area contributed by atoms with E-state index in [1.807, 2.05) is 40.8 Å². The molecule has 1 aliphatic rings. The molecule has 0 bridgehead atoms. The predicted molar refractivity (Wildman–Crippen MR) is 91.9 cm³/mol. The number of nitrogens with one attached hydrogen (secondary N) is 1. The maximum Gasteiger partial charge on any atom is 0.275 e. The molecule has 1 N–H and O–H groups in total. The number of aromatic nitrogens is 4. The number of nitrogens with zero attached hydrogens (tertiary/aromatic N) is 4. The first kappa shape index (κ1) is 14.9. The summed E-state index contributed by atoms with van der Waals surface area (Å²) in [6.45, 7) is 5.58. The number of carbonyl (C=O) groups excluding carboxylic acids is 1. The van der Waals surface area contributed by atoms with Gasteiger partial charge < -0.3 is 4.90 Å². The SMILES string of the molecule is Cc1cc(C)n(C[C@H]2CCCN2C(=O)c2n[nH]c3ccccc23)n1. The molecule has 0 unspecified atom stereocenters. The van der Waals surface area contributed by atoms with Crippen LogP contribution in [0.3, 0.4) is 0 Å². The van der Waals surface area contributed by atoms with E-state index in [1.54, 1.807) is 0 Å². The second-order valence-electron chi connectivity index (χ2n) is 6.52. The molecule has 1 atom stereocenters. The first-order valence-corrected chi connectivity index (χ1v) is 8.38. The van der Waals surface area contributed by atoms with Gasteiger partial charge in [-0.1, -0.05) is 18.2 Å². The zero-order valence-electron chi connectivity index (χ0n) is 14.0. The number of fused-ring (bicyclic) bond motifs is 1. The van der Waals surface area contributed by atoms with E-state index in [0.29, 0.717) is 5.69 Å². The van der Waals surface area contributed by atoms with Crippen molar-refractivity contribution in [3.63, 3.8) is 0 Å². The summed E-state index contributed by atoms with van der Waals surface area (Å²) >= 11 is 0. The summed E-state index contributed by atoms with van der Waals surface area (Å²) in [4.78, 5) is 15.0. The number of hydrogen-bond acceptors (Lipinski definition) is 3. The standard InChI is InChI=1S/C18H21N5O/c1-12-10-13(2)23(21-12)11-14-6-5-9-22(14)18(24)17-15-7-3-4-8-16(15)19-20-17/h3-4,7-8,10,14H,5-6,9,11H2,1-2H3,(H,19,20)/t14-/m1/s1. The summed E-state index contributed by atoms with van der Waals surface area (Å²) in [7, 11) is 0. The predicted octanol–water partition coefficient (Wildman–Crippen LogP) is 2.68. The molecular weight excluding hydrogens is 302 g/mol. The van der Waals surface area contributed by atoms with E-state index >= 15 is 0 Å². The van der Waals surface area contributed by atoms with Gasteiger partial charge in [-0.25, -0.2) is 0 Å². The Morgan fingerprint density at radius 3 is 2.96 bits per heavy atom. The Morgan fingerprint density at radius 2 is 2.17 bits per heavy atom. The largest absolute Gasteiger partial charge is 0.332 e. The molecule has 1 fully saturated rings. The molecule has 1 saturated heterocycles. The van der Waals surface area contributed by atoms with Gasteiger partial charge in [0.25, 0.3) is 5.91 Å². The maximum atomic E-state index is 13.0. The Balaban J connectivity index is 1.60. The fourth-order valence-corrected chi connectivity index (χ4v) is 3.61. The molecule has 3 heterocycles. The van der Waals surface area contributed by atoms with Crippen LogP contribution < -0.4 is 0 Å². The molecule has 124 valence electrons. The van der Waals surface area contributed by atoms with Crippen LogP contribution in [-0.2, 0) is 6.54 Å². The Labute approximate surface area is 140 Å². The number of aryl methyl sites for hydroxylation is 2. The number of benzene rings is 1.